The van der Waals surface area contributed by atoms with Crippen molar-refractivity contribution in [2.75, 3.05) is 17.6 Å². The number of sulfone groups is 1. The van der Waals surface area contributed by atoms with Gasteiger partial charge < -0.3 is 5.32 Å². The molecule has 0 unspecified atom stereocenters. The third-order valence-electron chi connectivity index (χ3n) is 4.57. The molecule has 1 aromatic carbocycles. The van der Waals surface area contributed by atoms with Gasteiger partial charge in [0.15, 0.2) is 14.7 Å². The largest absolute Gasteiger partial charge is 0.433 e. The summed E-state index contributed by atoms with van der Waals surface area (Å²) in [4.78, 5) is 16.4. The summed E-state index contributed by atoms with van der Waals surface area (Å²) in [6.45, 7) is 0.248. The highest BCUT2D eigenvalue weighted by Crippen LogP contribution is 2.35. The van der Waals surface area contributed by atoms with E-state index in [9.17, 15) is 26.4 Å². The number of fused-ring (bicyclic) bond motifs is 3. The summed E-state index contributed by atoms with van der Waals surface area (Å²) in [5, 5.41) is 3.01. The van der Waals surface area contributed by atoms with E-state index in [1.165, 1.54) is 18.2 Å². The van der Waals surface area contributed by atoms with E-state index >= 15 is 0 Å². The third-order valence-corrected chi connectivity index (χ3v) is 6.71. The van der Waals surface area contributed by atoms with Crippen LogP contribution in [-0.4, -0.2) is 30.3 Å². The van der Waals surface area contributed by atoms with Crippen molar-refractivity contribution in [3.05, 3.63) is 57.5 Å². The summed E-state index contributed by atoms with van der Waals surface area (Å²) in [6.07, 6.45) is -4.50. The van der Waals surface area contributed by atoms with Crippen LogP contribution in [0.1, 0.15) is 12.1 Å². The van der Waals surface area contributed by atoms with Crippen molar-refractivity contribution < 1.29 is 21.6 Å². The maximum atomic E-state index is 13.3. The van der Waals surface area contributed by atoms with E-state index in [1.807, 2.05) is 0 Å². The van der Waals surface area contributed by atoms with E-state index in [4.69, 9.17) is 11.6 Å². The quantitative estimate of drug-likeness (QED) is 0.621. The molecule has 1 N–H and O–H groups in total. The van der Waals surface area contributed by atoms with Crippen molar-refractivity contribution in [2.45, 2.75) is 17.5 Å². The standard InChI is InChI=1S/C18H13ClF3N3O3S/c19-11-4-1-2-5-12(11)25-16-10(6-7-13(24-16)18(20,21)22)14-15(17(25)26)29(27,28)9-3-8-23-14/h1-2,4-7,23H,3,8-9H2. The van der Waals surface area contributed by atoms with E-state index in [2.05, 4.69) is 10.3 Å². The smallest absolute Gasteiger partial charge is 0.383 e. The lowest BCUT2D eigenvalue weighted by Crippen LogP contribution is -2.28. The molecule has 0 saturated carbocycles. The van der Waals surface area contributed by atoms with Crippen molar-refractivity contribution in [2.24, 2.45) is 0 Å². The molecular weight excluding hydrogens is 431 g/mol. The van der Waals surface area contributed by atoms with Gasteiger partial charge >= 0.3 is 6.18 Å². The van der Waals surface area contributed by atoms with Crippen molar-refractivity contribution in [1.82, 2.24) is 9.55 Å². The molecule has 0 amide bonds. The third kappa shape index (κ3) is 3.25. The number of alkyl halides is 3. The number of anilines is 1. The summed E-state index contributed by atoms with van der Waals surface area (Å²) in [5.41, 5.74) is -2.53. The Hall–Kier alpha value is -2.59. The summed E-state index contributed by atoms with van der Waals surface area (Å²) >= 11 is 6.17. The van der Waals surface area contributed by atoms with Crippen LogP contribution in [0.25, 0.3) is 16.7 Å². The number of nitrogens with one attached hydrogen (secondary N) is 1. The molecule has 0 saturated heterocycles. The van der Waals surface area contributed by atoms with Gasteiger partial charge in [0.1, 0.15) is 11.3 Å². The van der Waals surface area contributed by atoms with Crippen LogP contribution in [0.4, 0.5) is 18.9 Å². The Balaban J connectivity index is 2.24. The van der Waals surface area contributed by atoms with Crippen LogP contribution in [0.5, 0.6) is 0 Å². The first-order valence-corrected chi connectivity index (χ1v) is 10.5. The van der Waals surface area contributed by atoms with Gasteiger partial charge in [0.2, 0.25) is 0 Å². The molecule has 4 rings (SSSR count). The molecule has 3 heterocycles. The van der Waals surface area contributed by atoms with E-state index in [1.54, 1.807) is 6.07 Å². The van der Waals surface area contributed by atoms with Crippen LogP contribution in [0, 0.1) is 0 Å². The fourth-order valence-electron chi connectivity index (χ4n) is 3.30. The van der Waals surface area contributed by atoms with Gasteiger partial charge in [-0.15, -0.1) is 0 Å². The number of aromatic nitrogens is 2. The maximum absolute atomic E-state index is 13.3. The molecule has 0 bridgehead atoms. The molecular formula is C18H13ClF3N3O3S. The molecule has 0 spiro atoms. The first-order chi connectivity index (χ1) is 13.6. The highest BCUT2D eigenvalue weighted by atomic mass is 35.5. The SMILES string of the molecule is O=c1c2c(c3ccc(C(F)(F)F)nc3n1-c1ccccc1Cl)NCCCS2(=O)=O. The molecule has 6 nitrogen and oxygen atoms in total. The van der Waals surface area contributed by atoms with Crippen LogP contribution in [0.2, 0.25) is 5.02 Å². The number of halogens is 4. The van der Waals surface area contributed by atoms with E-state index in [-0.39, 0.29) is 46.1 Å². The zero-order chi connectivity index (χ0) is 21.0. The zero-order valence-electron chi connectivity index (χ0n) is 14.6. The number of hydrogen-bond donors (Lipinski definition) is 1. The highest BCUT2D eigenvalue weighted by Gasteiger charge is 2.35. The molecule has 0 aliphatic carbocycles. The summed E-state index contributed by atoms with van der Waals surface area (Å²) in [5.74, 6) is -0.260. The second kappa shape index (κ2) is 6.74. The van der Waals surface area contributed by atoms with Gasteiger partial charge in [-0.25, -0.2) is 13.4 Å². The minimum absolute atomic E-state index is 0.0352. The summed E-state index contributed by atoms with van der Waals surface area (Å²) in [7, 11) is -3.97. The first kappa shape index (κ1) is 19.7. The Morgan fingerprint density at radius 1 is 1.14 bits per heavy atom. The molecule has 0 atom stereocenters. The molecule has 29 heavy (non-hydrogen) atoms. The number of para-hydroxylation sites is 1. The lowest BCUT2D eigenvalue weighted by Gasteiger charge is -2.18. The lowest BCUT2D eigenvalue weighted by atomic mass is 10.2. The molecule has 0 radical (unpaired) electrons. The average Bonchev–Trinajstić information content (AvgIpc) is 2.80. The minimum Gasteiger partial charge on any atom is -0.383 e. The van der Waals surface area contributed by atoms with Crippen LogP contribution in [0.15, 0.2) is 46.1 Å². The fraction of sp³-hybridized carbons (Fsp3) is 0.222. The van der Waals surface area contributed by atoms with Gasteiger partial charge in [0.05, 0.1) is 22.2 Å². The van der Waals surface area contributed by atoms with Crippen molar-refractivity contribution >= 4 is 38.2 Å². The Morgan fingerprint density at radius 2 is 1.86 bits per heavy atom. The first-order valence-electron chi connectivity index (χ1n) is 8.50. The van der Waals surface area contributed by atoms with Gasteiger partial charge in [0.25, 0.3) is 5.56 Å². The van der Waals surface area contributed by atoms with Crippen LogP contribution >= 0.6 is 11.6 Å². The number of pyridine rings is 2. The number of hydrogen-bond acceptors (Lipinski definition) is 5. The van der Waals surface area contributed by atoms with Crippen molar-refractivity contribution in [3.8, 4) is 5.69 Å². The van der Waals surface area contributed by atoms with E-state index in [0.29, 0.717) is 0 Å². The topological polar surface area (TPSA) is 81.1 Å². The van der Waals surface area contributed by atoms with Crippen LogP contribution in [0.3, 0.4) is 0 Å². The second-order valence-electron chi connectivity index (χ2n) is 6.46. The van der Waals surface area contributed by atoms with E-state index < -0.39 is 32.2 Å². The molecule has 0 fully saturated rings. The van der Waals surface area contributed by atoms with Gasteiger partial charge in [-0.3, -0.25) is 9.36 Å². The molecule has 1 aliphatic rings. The number of rotatable bonds is 1. The van der Waals surface area contributed by atoms with Gasteiger partial charge in [-0.1, -0.05) is 23.7 Å². The molecule has 1 aliphatic heterocycles. The Labute approximate surface area is 167 Å². The number of nitrogens with zero attached hydrogens (tertiary/aromatic N) is 2. The zero-order valence-corrected chi connectivity index (χ0v) is 16.2. The Bertz CT molecular complexity index is 1300. The Morgan fingerprint density at radius 3 is 2.55 bits per heavy atom. The lowest BCUT2D eigenvalue weighted by molar-refractivity contribution is -0.141. The normalized spacial score (nSPS) is 16.1. The van der Waals surface area contributed by atoms with Gasteiger partial charge in [-0.05, 0) is 30.7 Å². The fourth-order valence-corrected chi connectivity index (χ4v) is 5.10. The van der Waals surface area contributed by atoms with Crippen LogP contribution in [-0.2, 0) is 16.0 Å². The van der Waals surface area contributed by atoms with Crippen molar-refractivity contribution in [1.29, 1.82) is 0 Å². The van der Waals surface area contributed by atoms with E-state index in [0.717, 1.165) is 16.7 Å². The molecule has 152 valence electrons. The molecule has 11 heteroatoms. The molecule has 2 aromatic heterocycles. The van der Waals surface area contributed by atoms with Gasteiger partial charge in [-0.2, -0.15) is 13.2 Å². The number of benzene rings is 1. The highest BCUT2D eigenvalue weighted by molar-refractivity contribution is 7.91. The average molecular weight is 444 g/mol. The van der Waals surface area contributed by atoms with Crippen molar-refractivity contribution in [3.63, 3.8) is 0 Å². The monoisotopic (exact) mass is 443 g/mol. The summed E-state index contributed by atoms with van der Waals surface area (Å²) in [6, 6.07) is 7.84. The summed E-state index contributed by atoms with van der Waals surface area (Å²) < 4.78 is 66.2. The van der Waals surface area contributed by atoms with Gasteiger partial charge in [0, 0.05) is 11.9 Å². The Kier molecular flexibility index (Phi) is 4.58. The minimum atomic E-state index is -4.75. The predicted octanol–water partition coefficient (Wildman–Crippen LogP) is 3.65. The van der Waals surface area contributed by atoms with Crippen LogP contribution < -0.4 is 10.9 Å². The predicted molar refractivity (Wildman–Crippen MR) is 103 cm³/mol. The second-order valence-corrected chi connectivity index (χ2v) is 8.91. The maximum Gasteiger partial charge on any atom is 0.433 e. The molecule has 3 aromatic rings.